The zero-order valence-electron chi connectivity index (χ0n) is 13.4. The van der Waals surface area contributed by atoms with Gasteiger partial charge in [-0.25, -0.2) is 0 Å². The van der Waals surface area contributed by atoms with Crippen LogP contribution in [0.25, 0.3) is 0 Å². The topological polar surface area (TPSA) is 96.3 Å². The maximum absolute atomic E-state index is 12.0. The molecule has 3 rings (SSSR count). The number of aromatic nitrogens is 1. The highest BCUT2D eigenvalue weighted by Crippen LogP contribution is 2.32. The Labute approximate surface area is 144 Å². The van der Waals surface area contributed by atoms with Gasteiger partial charge in [0.25, 0.3) is 5.91 Å². The molecule has 1 amide bonds. The molecular weight excluding hydrogens is 320 g/mol. The number of benzene rings is 1. The lowest BCUT2D eigenvalue weighted by Crippen LogP contribution is -2.25. The SMILES string of the molecule is N#C/C(=C/NCc1ccc2c(c1)OCO2)C(=O)NCc1cccnc1. The predicted molar refractivity (Wildman–Crippen MR) is 89.2 cm³/mol. The number of rotatable bonds is 6. The van der Waals surface area contributed by atoms with Crippen molar-refractivity contribution in [3.8, 4) is 17.6 Å². The summed E-state index contributed by atoms with van der Waals surface area (Å²) in [5.41, 5.74) is 1.82. The fourth-order valence-corrected chi connectivity index (χ4v) is 2.25. The lowest BCUT2D eigenvalue weighted by atomic mass is 10.2. The van der Waals surface area contributed by atoms with Gasteiger partial charge < -0.3 is 20.1 Å². The molecule has 0 saturated heterocycles. The molecule has 0 radical (unpaired) electrons. The lowest BCUT2D eigenvalue weighted by Gasteiger charge is -2.06. The molecule has 0 spiro atoms. The van der Waals surface area contributed by atoms with Crippen molar-refractivity contribution in [3.63, 3.8) is 0 Å². The Bertz CT molecular complexity index is 828. The average molecular weight is 336 g/mol. The second-order valence-electron chi connectivity index (χ2n) is 5.28. The van der Waals surface area contributed by atoms with Crippen molar-refractivity contribution < 1.29 is 14.3 Å². The Morgan fingerprint density at radius 1 is 1.24 bits per heavy atom. The number of carbonyl (C=O) groups is 1. The molecule has 1 aliphatic heterocycles. The maximum atomic E-state index is 12.0. The van der Waals surface area contributed by atoms with Crippen molar-refractivity contribution in [2.24, 2.45) is 0 Å². The van der Waals surface area contributed by atoms with Gasteiger partial charge in [-0.1, -0.05) is 12.1 Å². The Balaban J connectivity index is 1.53. The van der Waals surface area contributed by atoms with Crippen LogP contribution in [0.3, 0.4) is 0 Å². The van der Waals surface area contributed by atoms with Gasteiger partial charge >= 0.3 is 0 Å². The summed E-state index contributed by atoms with van der Waals surface area (Å²) in [6, 6.07) is 11.1. The second-order valence-corrected chi connectivity index (χ2v) is 5.28. The number of hydrogen-bond acceptors (Lipinski definition) is 6. The molecule has 0 unspecified atom stereocenters. The van der Waals surface area contributed by atoms with Crippen molar-refractivity contribution in [2.45, 2.75) is 13.1 Å². The first-order valence-electron chi connectivity index (χ1n) is 7.65. The zero-order chi connectivity index (χ0) is 17.5. The summed E-state index contributed by atoms with van der Waals surface area (Å²) in [6.07, 6.45) is 4.73. The zero-order valence-corrected chi connectivity index (χ0v) is 13.4. The van der Waals surface area contributed by atoms with Crippen LogP contribution in [-0.2, 0) is 17.9 Å². The van der Waals surface area contributed by atoms with Gasteiger partial charge in [-0.05, 0) is 29.3 Å². The van der Waals surface area contributed by atoms with Crippen molar-refractivity contribution in [3.05, 3.63) is 65.6 Å². The number of ether oxygens (including phenoxy) is 2. The molecular formula is C18H16N4O3. The van der Waals surface area contributed by atoms with Crippen LogP contribution >= 0.6 is 0 Å². The molecule has 1 aliphatic rings. The van der Waals surface area contributed by atoms with Crippen molar-refractivity contribution in [1.29, 1.82) is 5.26 Å². The number of pyridine rings is 1. The first-order chi connectivity index (χ1) is 12.3. The number of nitrogens with zero attached hydrogens (tertiary/aromatic N) is 2. The van der Waals surface area contributed by atoms with Gasteiger partial charge in [-0.15, -0.1) is 0 Å². The summed E-state index contributed by atoms with van der Waals surface area (Å²) in [5.74, 6) is 0.967. The van der Waals surface area contributed by atoms with Crippen LogP contribution < -0.4 is 20.1 Å². The van der Waals surface area contributed by atoms with Crippen LogP contribution in [0.5, 0.6) is 11.5 Å². The van der Waals surface area contributed by atoms with E-state index in [9.17, 15) is 4.79 Å². The van der Waals surface area contributed by atoms with Crippen LogP contribution in [0.1, 0.15) is 11.1 Å². The van der Waals surface area contributed by atoms with Gasteiger partial charge in [-0.2, -0.15) is 5.26 Å². The highest BCUT2D eigenvalue weighted by molar-refractivity contribution is 5.97. The molecule has 0 atom stereocenters. The first-order valence-corrected chi connectivity index (χ1v) is 7.65. The summed E-state index contributed by atoms with van der Waals surface area (Å²) in [4.78, 5) is 16.0. The van der Waals surface area contributed by atoms with Gasteiger partial charge in [0, 0.05) is 31.7 Å². The summed E-state index contributed by atoms with van der Waals surface area (Å²) < 4.78 is 10.6. The van der Waals surface area contributed by atoms with Crippen LogP contribution in [0.4, 0.5) is 0 Å². The lowest BCUT2D eigenvalue weighted by molar-refractivity contribution is -0.117. The molecule has 7 heteroatoms. The number of amides is 1. The van der Waals surface area contributed by atoms with Crippen LogP contribution in [0.15, 0.2) is 54.5 Å². The highest BCUT2D eigenvalue weighted by Gasteiger charge is 2.13. The molecule has 0 aliphatic carbocycles. The average Bonchev–Trinajstić information content (AvgIpc) is 3.12. The third-order valence-corrected chi connectivity index (χ3v) is 3.53. The van der Waals surface area contributed by atoms with E-state index in [0.717, 1.165) is 11.1 Å². The van der Waals surface area contributed by atoms with E-state index in [2.05, 4.69) is 15.6 Å². The Morgan fingerprint density at radius 3 is 2.92 bits per heavy atom. The number of nitrogens with one attached hydrogen (secondary N) is 2. The van der Waals surface area contributed by atoms with Gasteiger partial charge in [0.05, 0.1) is 0 Å². The fraction of sp³-hybridized carbons (Fsp3) is 0.167. The van der Waals surface area contributed by atoms with Crippen LogP contribution in [0, 0.1) is 11.3 Å². The molecule has 2 N–H and O–H groups in total. The van der Waals surface area contributed by atoms with E-state index in [1.165, 1.54) is 6.20 Å². The van der Waals surface area contributed by atoms with Crippen LogP contribution in [0.2, 0.25) is 0 Å². The highest BCUT2D eigenvalue weighted by atomic mass is 16.7. The number of fused-ring (bicyclic) bond motifs is 1. The summed E-state index contributed by atoms with van der Waals surface area (Å²) in [5, 5.41) is 14.8. The van der Waals surface area contributed by atoms with E-state index in [-0.39, 0.29) is 12.4 Å². The van der Waals surface area contributed by atoms with E-state index < -0.39 is 5.91 Å². The van der Waals surface area contributed by atoms with E-state index in [1.807, 2.05) is 30.3 Å². The Morgan fingerprint density at radius 2 is 2.12 bits per heavy atom. The number of hydrogen-bond donors (Lipinski definition) is 2. The molecule has 126 valence electrons. The fourth-order valence-electron chi connectivity index (χ4n) is 2.25. The monoisotopic (exact) mass is 336 g/mol. The minimum atomic E-state index is -0.440. The molecule has 25 heavy (non-hydrogen) atoms. The van der Waals surface area contributed by atoms with E-state index in [1.54, 1.807) is 18.5 Å². The van der Waals surface area contributed by atoms with E-state index in [4.69, 9.17) is 14.7 Å². The number of carbonyl (C=O) groups excluding carboxylic acids is 1. The molecule has 2 aromatic rings. The predicted octanol–water partition coefficient (Wildman–Crippen LogP) is 1.62. The minimum Gasteiger partial charge on any atom is -0.454 e. The van der Waals surface area contributed by atoms with E-state index >= 15 is 0 Å². The molecule has 2 heterocycles. The van der Waals surface area contributed by atoms with E-state index in [0.29, 0.717) is 24.6 Å². The molecule has 1 aromatic heterocycles. The quantitative estimate of drug-likeness (QED) is 0.615. The molecule has 0 bridgehead atoms. The number of nitriles is 1. The van der Waals surface area contributed by atoms with Gasteiger partial charge in [0.1, 0.15) is 11.6 Å². The molecule has 7 nitrogen and oxygen atoms in total. The Hall–Kier alpha value is -3.53. The summed E-state index contributed by atoms with van der Waals surface area (Å²) in [7, 11) is 0. The largest absolute Gasteiger partial charge is 0.454 e. The Kier molecular flexibility index (Phi) is 5.12. The van der Waals surface area contributed by atoms with Gasteiger partial charge in [0.2, 0.25) is 6.79 Å². The smallest absolute Gasteiger partial charge is 0.263 e. The third-order valence-electron chi connectivity index (χ3n) is 3.53. The third kappa shape index (κ3) is 4.26. The van der Waals surface area contributed by atoms with Crippen molar-refractivity contribution in [1.82, 2.24) is 15.6 Å². The summed E-state index contributed by atoms with van der Waals surface area (Å²) in [6.45, 7) is 0.993. The summed E-state index contributed by atoms with van der Waals surface area (Å²) >= 11 is 0. The first kappa shape index (κ1) is 16.3. The molecule has 1 aromatic carbocycles. The maximum Gasteiger partial charge on any atom is 0.263 e. The molecule has 0 saturated carbocycles. The van der Waals surface area contributed by atoms with Crippen molar-refractivity contribution in [2.75, 3.05) is 6.79 Å². The van der Waals surface area contributed by atoms with Crippen molar-refractivity contribution >= 4 is 5.91 Å². The second kappa shape index (κ2) is 7.84. The van der Waals surface area contributed by atoms with Crippen LogP contribution in [-0.4, -0.2) is 17.7 Å². The normalized spacial score (nSPS) is 12.4. The minimum absolute atomic E-state index is 0.00429. The standard InChI is InChI=1S/C18H16N4O3/c19-7-15(18(23)22-10-14-2-1-5-20-9-14)11-21-8-13-3-4-16-17(6-13)25-12-24-16/h1-6,9,11,21H,8,10,12H2,(H,22,23)/b15-11-. The van der Waals surface area contributed by atoms with Gasteiger partial charge in [0.15, 0.2) is 11.5 Å². The molecule has 0 fully saturated rings. The van der Waals surface area contributed by atoms with Gasteiger partial charge in [-0.3, -0.25) is 9.78 Å².